The Morgan fingerprint density at radius 2 is 1.86 bits per heavy atom. The molecule has 1 aliphatic carbocycles. The lowest BCUT2D eigenvalue weighted by atomic mass is 9.92. The van der Waals surface area contributed by atoms with Crippen LogP contribution < -0.4 is 5.32 Å². The maximum Gasteiger partial charge on any atom is 0.286 e. The lowest BCUT2D eigenvalue weighted by Gasteiger charge is -2.29. The van der Waals surface area contributed by atoms with Gasteiger partial charge < -0.3 is 19.9 Å². The number of nitrogens with one attached hydrogen (secondary N) is 1. The van der Waals surface area contributed by atoms with Crippen LogP contribution in [-0.4, -0.2) is 34.3 Å². The van der Waals surface area contributed by atoms with Crippen LogP contribution in [0.2, 0.25) is 0 Å². The molecule has 0 bridgehead atoms. The van der Waals surface area contributed by atoms with Gasteiger partial charge in [-0.25, -0.2) is 0 Å². The van der Waals surface area contributed by atoms with Crippen LogP contribution >= 0.6 is 0 Å². The number of allylic oxidation sites excluding steroid dienone is 1. The summed E-state index contributed by atoms with van der Waals surface area (Å²) in [6.07, 6.45) is 5.90. The highest BCUT2D eigenvalue weighted by Crippen LogP contribution is 2.37. The zero-order chi connectivity index (χ0) is 24.4. The lowest BCUT2D eigenvalue weighted by molar-refractivity contribution is -0.150. The molecule has 1 aliphatic heterocycles. The topological polar surface area (TPSA) is 89.8 Å². The van der Waals surface area contributed by atoms with Gasteiger partial charge in [0.2, 0.25) is 12.2 Å². The van der Waals surface area contributed by atoms with Gasteiger partial charge in [0, 0.05) is 37.4 Å². The first kappa shape index (κ1) is 23.3. The summed E-state index contributed by atoms with van der Waals surface area (Å²) in [6, 6.07) is 15.3. The Hall–Kier alpha value is -3.42. The second kappa shape index (κ2) is 10.1. The Morgan fingerprint density at radius 3 is 2.57 bits per heavy atom. The van der Waals surface area contributed by atoms with Gasteiger partial charge in [0.1, 0.15) is 0 Å². The predicted octanol–water partition coefficient (Wildman–Crippen LogP) is 4.25. The smallest absolute Gasteiger partial charge is 0.286 e. The normalized spacial score (nSPS) is 19.8. The minimum Gasteiger partial charge on any atom is -0.459 e. The van der Waals surface area contributed by atoms with E-state index >= 15 is 0 Å². The molecular formula is C28H30N2O5. The van der Waals surface area contributed by atoms with Crippen molar-refractivity contribution in [2.24, 2.45) is 5.92 Å². The summed E-state index contributed by atoms with van der Waals surface area (Å²) in [7, 11) is 0. The van der Waals surface area contributed by atoms with E-state index in [0.29, 0.717) is 25.5 Å². The molecule has 1 amide bonds. The summed E-state index contributed by atoms with van der Waals surface area (Å²) >= 11 is 0. The molecule has 1 saturated carbocycles. The van der Waals surface area contributed by atoms with E-state index < -0.39 is 6.29 Å². The van der Waals surface area contributed by atoms with E-state index in [2.05, 4.69) is 5.32 Å². The zero-order valence-corrected chi connectivity index (χ0v) is 19.8. The molecule has 35 heavy (non-hydrogen) atoms. The molecule has 2 aromatic carbocycles. The van der Waals surface area contributed by atoms with Crippen molar-refractivity contribution in [2.75, 3.05) is 6.54 Å². The summed E-state index contributed by atoms with van der Waals surface area (Å²) in [5, 5.41) is 13.2. The summed E-state index contributed by atoms with van der Waals surface area (Å²) in [5.74, 6) is 0.351. The van der Waals surface area contributed by atoms with Gasteiger partial charge >= 0.3 is 0 Å². The second-order valence-electron chi connectivity index (χ2n) is 9.35. The molecule has 182 valence electrons. The number of rotatable bonds is 8. The molecule has 1 fully saturated rings. The molecule has 2 N–H and O–H groups in total. The Kier molecular flexibility index (Phi) is 6.70. The first-order chi connectivity index (χ1) is 17.0. The highest BCUT2D eigenvalue weighted by Gasteiger charge is 2.31. The fourth-order valence-corrected chi connectivity index (χ4v) is 4.47. The molecule has 2 aliphatic rings. The van der Waals surface area contributed by atoms with Crippen molar-refractivity contribution in [3.8, 4) is 0 Å². The van der Waals surface area contributed by atoms with Gasteiger partial charge in [-0.15, -0.1) is 0 Å². The van der Waals surface area contributed by atoms with Crippen molar-refractivity contribution >= 4 is 22.7 Å². The number of hydrogen-bond acceptors (Lipinski definition) is 5. The van der Waals surface area contributed by atoms with E-state index in [4.69, 9.17) is 9.47 Å². The third-order valence-electron chi connectivity index (χ3n) is 6.65. The number of hydrogen-bond donors (Lipinski definition) is 2. The first-order valence-corrected chi connectivity index (χ1v) is 12.1. The van der Waals surface area contributed by atoms with Crippen LogP contribution in [0.15, 0.2) is 66.6 Å². The van der Waals surface area contributed by atoms with E-state index in [-0.39, 0.29) is 30.1 Å². The van der Waals surface area contributed by atoms with Crippen molar-refractivity contribution in [3.05, 3.63) is 83.3 Å². The summed E-state index contributed by atoms with van der Waals surface area (Å²) < 4.78 is 13.8. The lowest BCUT2D eigenvalue weighted by Crippen LogP contribution is -2.33. The SMILES string of the molecule is CC(=O)n1cc(C2C=C(C(=O)NCC3CC3)OC(OCc3ccc(CO)cc3)C2)c2ccccc21. The fourth-order valence-electron chi connectivity index (χ4n) is 4.47. The number of ether oxygens (including phenoxy) is 2. The standard InChI is InChI=1S/C28H30N2O5/c1-18(32)30-15-24(23-4-2-3-5-25(23)30)22-12-26(28(33)29-14-19-6-7-19)35-27(13-22)34-17-21-10-8-20(16-31)9-11-21/h2-5,8-12,15,19,22,27,31H,6-7,13-14,16-17H2,1H3,(H,29,33). The van der Waals surface area contributed by atoms with Crippen molar-refractivity contribution in [1.29, 1.82) is 0 Å². The van der Waals surface area contributed by atoms with Crippen molar-refractivity contribution in [3.63, 3.8) is 0 Å². The van der Waals surface area contributed by atoms with Gasteiger partial charge in [-0.1, -0.05) is 42.5 Å². The Morgan fingerprint density at radius 1 is 1.11 bits per heavy atom. The largest absolute Gasteiger partial charge is 0.459 e. The van der Waals surface area contributed by atoms with Gasteiger partial charge in [-0.2, -0.15) is 0 Å². The van der Waals surface area contributed by atoms with Crippen LogP contribution in [-0.2, 0) is 27.5 Å². The molecule has 0 radical (unpaired) electrons. The monoisotopic (exact) mass is 474 g/mol. The first-order valence-electron chi connectivity index (χ1n) is 12.1. The molecular weight excluding hydrogens is 444 g/mol. The van der Waals surface area contributed by atoms with E-state index in [0.717, 1.165) is 40.4 Å². The number of carbonyl (C=O) groups is 2. The Labute approximate surface area is 204 Å². The molecule has 3 aromatic rings. The number of benzene rings is 2. The van der Waals surface area contributed by atoms with E-state index in [1.165, 1.54) is 0 Å². The van der Waals surface area contributed by atoms with Crippen LogP contribution in [0, 0.1) is 5.92 Å². The highest BCUT2D eigenvalue weighted by molar-refractivity contribution is 5.95. The maximum atomic E-state index is 12.9. The van der Waals surface area contributed by atoms with Crippen molar-refractivity contribution in [1.82, 2.24) is 9.88 Å². The molecule has 1 aromatic heterocycles. The van der Waals surface area contributed by atoms with E-state index in [9.17, 15) is 14.7 Å². The van der Waals surface area contributed by atoms with Crippen LogP contribution in [0.1, 0.15) is 53.6 Å². The Bertz CT molecular complexity index is 1260. The molecule has 2 heterocycles. The predicted molar refractivity (Wildman–Crippen MR) is 131 cm³/mol. The second-order valence-corrected chi connectivity index (χ2v) is 9.35. The summed E-state index contributed by atoms with van der Waals surface area (Å²) in [6.45, 7) is 2.50. The van der Waals surface area contributed by atoms with Gasteiger partial charge in [0.25, 0.3) is 5.91 Å². The maximum absolute atomic E-state index is 12.9. The van der Waals surface area contributed by atoms with Crippen LogP contribution in [0.5, 0.6) is 0 Å². The average Bonchev–Trinajstić information content (AvgIpc) is 3.63. The minimum atomic E-state index is -0.622. The zero-order valence-electron chi connectivity index (χ0n) is 19.8. The van der Waals surface area contributed by atoms with Gasteiger partial charge in [0.15, 0.2) is 5.76 Å². The van der Waals surface area contributed by atoms with Crippen molar-refractivity contribution < 1.29 is 24.2 Å². The van der Waals surface area contributed by atoms with Gasteiger partial charge in [0.05, 0.1) is 18.7 Å². The van der Waals surface area contributed by atoms with E-state index in [1.807, 2.05) is 60.8 Å². The average molecular weight is 475 g/mol. The number of fused-ring (bicyclic) bond motifs is 1. The molecule has 5 rings (SSSR count). The molecule has 2 unspecified atom stereocenters. The van der Waals surface area contributed by atoms with E-state index in [1.54, 1.807) is 11.5 Å². The number of nitrogens with zero attached hydrogens (tertiary/aromatic N) is 1. The Balaban J connectivity index is 1.40. The number of para-hydroxylation sites is 1. The third kappa shape index (κ3) is 5.31. The van der Waals surface area contributed by atoms with Crippen molar-refractivity contribution in [2.45, 2.75) is 51.6 Å². The van der Waals surface area contributed by atoms with Crippen LogP contribution in [0.3, 0.4) is 0 Å². The molecule has 0 saturated heterocycles. The number of aromatic nitrogens is 1. The molecule has 7 nitrogen and oxygen atoms in total. The molecule has 2 atom stereocenters. The van der Waals surface area contributed by atoms with Gasteiger partial charge in [-0.05, 0) is 47.6 Å². The quantitative estimate of drug-likeness (QED) is 0.510. The minimum absolute atomic E-state index is 0.00740. The highest BCUT2D eigenvalue weighted by atomic mass is 16.7. The van der Waals surface area contributed by atoms with Gasteiger partial charge in [-0.3, -0.25) is 14.2 Å². The molecule has 7 heteroatoms. The number of aliphatic hydroxyl groups is 1. The molecule has 0 spiro atoms. The summed E-state index contributed by atoms with van der Waals surface area (Å²) in [4.78, 5) is 25.2. The number of aliphatic hydroxyl groups excluding tert-OH is 1. The third-order valence-corrected chi connectivity index (χ3v) is 6.65. The fraction of sp³-hybridized carbons (Fsp3) is 0.357. The number of amides is 1. The summed E-state index contributed by atoms with van der Waals surface area (Å²) in [5.41, 5.74) is 3.59. The number of carbonyl (C=O) groups excluding carboxylic acids is 2. The van der Waals surface area contributed by atoms with Crippen LogP contribution in [0.25, 0.3) is 10.9 Å². The van der Waals surface area contributed by atoms with Crippen LogP contribution in [0.4, 0.5) is 0 Å².